The molecule has 2 unspecified atom stereocenters. The van der Waals surface area contributed by atoms with E-state index in [-0.39, 0.29) is 5.37 Å². The van der Waals surface area contributed by atoms with Crippen molar-refractivity contribution in [2.45, 2.75) is 44.4 Å². The van der Waals surface area contributed by atoms with E-state index in [1.165, 1.54) is 25.5 Å². The molecule has 0 aliphatic carbocycles. The molecule has 6 heteroatoms. The summed E-state index contributed by atoms with van der Waals surface area (Å²) in [6.45, 7) is 4.78. The molecule has 0 spiro atoms. The summed E-state index contributed by atoms with van der Waals surface area (Å²) in [7, 11) is -2.96. The van der Waals surface area contributed by atoms with Crippen molar-refractivity contribution < 1.29 is 8.42 Å². The Morgan fingerprint density at radius 3 is 2.70 bits per heavy atom. The molecule has 0 amide bonds. The first-order valence-electron chi connectivity index (χ1n) is 7.69. The number of rotatable bonds is 9. The first-order valence-corrected chi connectivity index (χ1v) is 10.8. The number of thioether (sulfide) groups is 1. The molecule has 120 valence electrons. The Morgan fingerprint density at radius 2 is 2.10 bits per heavy atom. The molecule has 2 atom stereocenters. The smallest absolute Gasteiger partial charge is 0.164 e. The average molecular weight is 323 g/mol. The summed E-state index contributed by atoms with van der Waals surface area (Å²) in [6.07, 6.45) is 7.16. The Kier molecular flexibility index (Phi) is 8.48. The number of hydrogen-bond donors (Lipinski definition) is 1. The van der Waals surface area contributed by atoms with Crippen molar-refractivity contribution >= 4 is 21.6 Å². The SMILES string of the molecule is CCCC(CCN)CCCN1CCSCC1S(C)(=O)=O. The van der Waals surface area contributed by atoms with Crippen molar-refractivity contribution in [1.29, 1.82) is 0 Å². The molecular formula is C14H30N2O2S2. The normalized spacial score (nSPS) is 22.9. The van der Waals surface area contributed by atoms with Gasteiger partial charge >= 0.3 is 0 Å². The Balaban J connectivity index is 2.41. The van der Waals surface area contributed by atoms with E-state index >= 15 is 0 Å². The maximum Gasteiger partial charge on any atom is 0.164 e. The number of sulfone groups is 1. The minimum absolute atomic E-state index is 0.277. The lowest BCUT2D eigenvalue weighted by atomic mass is 9.94. The first kappa shape index (κ1) is 18.3. The van der Waals surface area contributed by atoms with Crippen molar-refractivity contribution in [3.8, 4) is 0 Å². The Bertz CT molecular complexity index is 354. The van der Waals surface area contributed by atoms with Crippen molar-refractivity contribution in [3.05, 3.63) is 0 Å². The third-order valence-corrected chi connectivity index (χ3v) is 6.70. The zero-order chi connectivity index (χ0) is 15.0. The Labute approximate surface area is 128 Å². The lowest BCUT2D eigenvalue weighted by Gasteiger charge is -2.34. The van der Waals surface area contributed by atoms with Crippen LogP contribution < -0.4 is 5.73 Å². The molecule has 1 saturated heterocycles. The molecule has 2 N–H and O–H groups in total. The van der Waals surface area contributed by atoms with E-state index in [0.29, 0.717) is 5.92 Å². The van der Waals surface area contributed by atoms with Crippen LogP contribution in [0.3, 0.4) is 0 Å². The number of hydrogen-bond acceptors (Lipinski definition) is 5. The minimum Gasteiger partial charge on any atom is -0.330 e. The third kappa shape index (κ3) is 6.33. The molecule has 1 heterocycles. The summed E-state index contributed by atoms with van der Waals surface area (Å²) in [5, 5.41) is -0.277. The highest BCUT2D eigenvalue weighted by atomic mass is 32.2. The molecule has 0 radical (unpaired) electrons. The van der Waals surface area contributed by atoms with Gasteiger partial charge in [0.25, 0.3) is 0 Å². The second-order valence-corrected chi connectivity index (χ2v) is 9.12. The van der Waals surface area contributed by atoms with E-state index in [9.17, 15) is 8.42 Å². The zero-order valence-corrected chi connectivity index (χ0v) is 14.5. The van der Waals surface area contributed by atoms with Gasteiger partial charge in [-0.2, -0.15) is 11.8 Å². The van der Waals surface area contributed by atoms with Gasteiger partial charge in [0, 0.05) is 24.3 Å². The van der Waals surface area contributed by atoms with E-state index in [1.807, 2.05) is 0 Å². The predicted octanol–water partition coefficient (Wildman–Crippen LogP) is 1.95. The lowest BCUT2D eigenvalue weighted by molar-refractivity contribution is 0.254. The second kappa shape index (κ2) is 9.28. The monoisotopic (exact) mass is 322 g/mol. The number of nitrogens with zero attached hydrogens (tertiary/aromatic N) is 1. The minimum atomic E-state index is -2.96. The van der Waals surface area contributed by atoms with Gasteiger partial charge < -0.3 is 5.73 Å². The van der Waals surface area contributed by atoms with E-state index in [0.717, 1.165) is 44.0 Å². The first-order chi connectivity index (χ1) is 9.49. The van der Waals surface area contributed by atoms with Crippen molar-refractivity contribution in [3.63, 3.8) is 0 Å². The van der Waals surface area contributed by atoms with Crippen LogP contribution in [0.2, 0.25) is 0 Å². The number of nitrogens with two attached hydrogens (primary N) is 1. The topological polar surface area (TPSA) is 63.4 Å². The van der Waals surface area contributed by atoms with E-state index in [4.69, 9.17) is 5.73 Å². The van der Waals surface area contributed by atoms with E-state index in [2.05, 4.69) is 11.8 Å². The van der Waals surface area contributed by atoms with Crippen LogP contribution >= 0.6 is 11.8 Å². The van der Waals surface area contributed by atoms with Crippen LogP contribution in [0, 0.1) is 5.92 Å². The van der Waals surface area contributed by atoms with Crippen LogP contribution in [-0.2, 0) is 9.84 Å². The molecular weight excluding hydrogens is 292 g/mol. The molecule has 0 aromatic heterocycles. The van der Waals surface area contributed by atoms with Gasteiger partial charge in [-0.05, 0) is 38.3 Å². The molecule has 0 bridgehead atoms. The largest absolute Gasteiger partial charge is 0.330 e. The highest BCUT2D eigenvalue weighted by molar-refractivity contribution is 8.00. The average Bonchev–Trinajstić information content (AvgIpc) is 2.38. The van der Waals surface area contributed by atoms with Gasteiger partial charge in [-0.15, -0.1) is 0 Å². The molecule has 1 aliphatic rings. The summed E-state index contributed by atoms with van der Waals surface area (Å²) in [4.78, 5) is 2.16. The lowest BCUT2D eigenvalue weighted by Crippen LogP contribution is -2.47. The molecule has 20 heavy (non-hydrogen) atoms. The second-order valence-electron chi connectivity index (χ2n) is 5.77. The van der Waals surface area contributed by atoms with E-state index in [1.54, 1.807) is 11.8 Å². The summed E-state index contributed by atoms with van der Waals surface area (Å²) in [6, 6.07) is 0. The van der Waals surface area contributed by atoms with Crippen LogP contribution in [0.4, 0.5) is 0 Å². The maximum atomic E-state index is 11.8. The fourth-order valence-electron chi connectivity index (χ4n) is 2.93. The van der Waals surface area contributed by atoms with Gasteiger partial charge in [0.15, 0.2) is 9.84 Å². The molecule has 0 saturated carbocycles. The van der Waals surface area contributed by atoms with E-state index < -0.39 is 9.84 Å². The van der Waals surface area contributed by atoms with Gasteiger partial charge in [0.05, 0.1) is 0 Å². The summed E-state index contributed by atoms with van der Waals surface area (Å²) in [5.41, 5.74) is 5.66. The molecule has 1 aliphatic heterocycles. The summed E-state index contributed by atoms with van der Waals surface area (Å²) < 4.78 is 23.7. The Morgan fingerprint density at radius 1 is 1.35 bits per heavy atom. The highest BCUT2D eigenvalue weighted by Gasteiger charge is 2.30. The van der Waals surface area contributed by atoms with Crippen molar-refractivity contribution in [1.82, 2.24) is 4.90 Å². The van der Waals surface area contributed by atoms with Crippen LogP contribution in [0.15, 0.2) is 0 Å². The fourth-order valence-corrected chi connectivity index (χ4v) is 5.90. The van der Waals surface area contributed by atoms with Crippen molar-refractivity contribution in [2.75, 3.05) is 37.4 Å². The Hall–Kier alpha value is 0.220. The summed E-state index contributed by atoms with van der Waals surface area (Å²) >= 11 is 1.75. The van der Waals surface area contributed by atoms with Crippen LogP contribution in [-0.4, -0.2) is 56.1 Å². The molecule has 1 rings (SSSR count). The van der Waals surface area contributed by atoms with Gasteiger partial charge in [0.1, 0.15) is 5.37 Å². The van der Waals surface area contributed by atoms with Gasteiger partial charge in [0.2, 0.25) is 0 Å². The molecule has 0 aromatic carbocycles. The fraction of sp³-hybridized carbons (Fsp3) is 1.00. The molecule has 0 aromatic rings. The maximum absolute atomic E-state index is 11.8. The highest BCUT2D eigenvalue weighted by Crippen LogP contribution is 2.22. The zero-order valence-electron chi connectivity index (χ0n) is 12.9. The third-order valence-electron chi connectivity index (χ3n) is 4.01. The molecule has 1 fully saturated rings. The van der Waals surface area contributed by atoms with Gasteiger partial charge in [-0.3, -0.25) is 4.90 Å². The van der Waals surface area contributed by atoms with Crippen LogP contribution in [0.25, 0.3) is 0 Å². The van der Waals surface area contributed by atoms with Crippen molar-refractivity contribution in [2.24, 2.45) is 11.7 Å². The predicted molar refractivity (Wildman–Crippen MR) is 88.8 cm³/mol. The van der Waals surface area contributed by atoms with Gasteiger partial charge in [-0.25, -0.2) is 8.42 Å². The quantitative estimate of drug-likeness (QED) is 0.703. The van der Waals surface area contributed by atoms with Crippen LogP contribution in [0.5, 0.6) is 0 Å². The molecule has 4 nitrogen and oxygen atoms in total. The summed E-state index contributed by atoms with van der Waals surface area (Å²) in [5.74, 6) is 2.48. The van der Waals surface area contributed by atoms with Gasteiger partial charge in [-0.1, -0.05) is 19.8 Å². The van der Waals surface area contributed by atoms with Crippen LogP contribution in [0.1, 0.15) is 39.0 Å². The standard InChI is InChI=1S/C14H30N2O2S2/c1-3-5-13(7-8-15)6-4-9-16-10-11-19-12-14(16)20(2,17)18/h13-14H,3-12,15H2,1-2H3.